The van der Waals surface area contributed by atoms with E-state index >= 15 is 0 Å². The predicted octanol–water partition coefficient (Wildman–Crippen LogP) is 5.34. The van der Waals surface area contributed by atoms with Gasteiger partial charge in [-0.2, -0.15) is 0 Å². The molecule has 266 valence electrons. The Kier molecular flexibility index (Phi) is 8.18. The minimum Gasteiger partial charge on any atom is -0.390 e. The molecular formula is C39H63NO7. The van der Waals surface area contributed by atoms with Crippen LogP contribution in [-0.2, 0) is 23.7 Å². The molecule has 8 rings (SSSR count). The zero-order valence-electron chi connectivity index (χ0n) is 30.2. The first-order valence-electron chi connectivity index (χ1n) is 19.2. The van der Waals surface area contributed by atoms with Gasteiger partial charge in [0, 0.05) is 31.7 Å². The third kappa shape index (κ3) is 4.60. The summed E-state index contributed by atoms with van der Waals surface area (Å²) in [6.07, 6.45) is 11.3. The Morgan fingerprint density at radius 2 is 1.87 bits per heavy atom. The molecule has 5 saturated carbocycles. The third-order valence-corrected chi connectivity index (χ3v) is 16.2. The Morgan fingerprint density at radius 3 is 2.57 bits per heavy atom. The molecule has 2 spiro atoms. The van der Waals surface area contributed by atoms with Gasteiger partial charge < -0.3 is 33.9 Å². The van der Waals surface area contributed by atoms with E-state index in [1.807, 2.05) is 13.8 Å². The molecule has 8 nitrogen and oxygen atoms in total. The summed E-state index contributed by atoms with van der Waals surface area (Å²) in [4.78, 5) is 2.53. The van der Waals surface area contributed by atoms with E-state index in [1.54, 1.807) is 7.11 Å². The van der Waals surface area contributed by atoms with Crippen molar-refractivity contribution >= 4 is 0 Å². The van der Waals surface area contributed by atoms with Gasteiger partial charge in [-0.3, -0.25) is 4.90 Å². The molecule has 5 aliphatic carbocycles. The number of rotatable bonds is 6. The number of fused-ring (bicyclic) bond motifs is 4. The highest BCUT2D eigenvalue weighted by molar-refractivity contribution is 5.37. The van der Waals surface area contributed by atoms with Crippen LogP contribution in [0.15, 0.2) is 11.6 Å². The van der Waals surface area contributed by atoms with E-state index < -0.39 is 17.8 Å². The molecule has 0 bridgehead atoms. The summed E-state index contributed by atoms with van der Waals surface area (Å²) in [5, 5.41) is 23.5. The van der Waals surface area contributed by atoms with Gasteiger partial charge in [0.25, 0.3) is 0 Å². The molecule has 8 heteroatoms. The maximum absolute atomic E-state index is 12.5. The van der Waals surface area contributed by atoms with Crippen LogP contribution in [0.4, 0.5) is 0 Å². The molecule has 0 aromatic carbocycles. The van der Waals surface area contributed by atoms with Crippen molar-refractivity contribution in [3.8, 4) is 0 Å². The minimum absolute atomic E-state index is 0.0175. The summed E-state index contributed by atoms with van der Waals surface area (Å²) in [5.74, 6) is 1.75. The van der Waals surface area contributed by atoms with Crippen molar-refractivity contribution in [1.82, 2.24) is 4.90 Å². The van der Waals surface area contributed by atoms with E-state index in [4.69, 9.17) is 23.7 Å². The summed E-state index contributed by atoms with van der Waals surface area (Å²) in [6.45, 7) is 17.4. The van der Waals surface area contributed by atoms with Crippen molar-refractivity contribution in [2.45, 2.75) is 148 Å². The second-order valence-corrected chi connectivity index (χ2v) is 18.3. The van der Waals surface area contributed by atoms with Crippen LogP contribution in [0.2, 0.25) is 0 Å². The molecule has 3 heterocycles. The number of ether oxygens (including phenoxy) is 5. The molecule has 2 N–H and O–H groups in total. The average molecular weight is 658 g/mol. The first-order valence-corrected chi connectivity index (χ1v) is 19.2. The Hall–Kier alpha value is -0.580. The lowest BCUT2D eigenvalue weighted by atomic mass is 9.42. The fourth-order valence-corrected chi connectivity index (χ4v) is 14.2. The number of allylic oxidation sites excluding steroid dienone is 1. The minimum atomic E-state index is -1.01. The lowest BCUT2D eigenvalue weighted by molar-refractivity contribution is -0.210. The van der Waals surface area contributed by atoms with Gasteiger partial charge in [0.15, 0.2) is 6.29 Å². The molecule has 0 aromatic heterocycles. The average Bonchev–Trinajstić information content (AvgIpc) is 3.29. The standard InChI is InChI=1S/C39H63NO7/c1-8-25-26-9-10-29-37(6)33(41)32-31(23(2)19-28(47-32)34(43-7)35(3,4)42)36(37,5)14-15-39(29)22-38(26,39)13-11-27(25)46-30-20-40(16-18-45-30)24-12-17-44-21-24/h8,23-24,26-34,41-42H,9-22H2,1-7H3/b25-8+/t23-,24-,26+,27+,28-,29+,30+,31+,32+,33+,34+,36-,37-,38-,39+/m1/s1. The fourth-order valence-electron chi connectivity index (χ4n) is 14.2. The van der Waals surface area contributed by atoms with Crippen LogP contribution < -0.4 is 0 Å². The molecule has 47 heavy (non-hydrogen) atoms. The molecule has 15 atom stereocenters. The summed E-state index contributed by atoms with van der Waals surface area (Å²) >= 11 is 0. The quantitative estimate of drug-likeness (QED) is 0.371. The molecule has 8 fully saturated rings. The molecule has 0 unspecified atom stereocenters. The monoisotopic (exact) mass is 657 g/mol. The van der Waals surface area contributed by atoms with Crippen LogP contribution in [0.25, 0.3) is 0 Å². The Labute approximate surface area is 283 Å². The van der Waals surface area contributed by atoms with Gasteiger partial charge in [-0.05, 0) is 124 Å². The molecule has 0 aromatic rings. The van der Waals surface area contributed by atoms with E-state index in [0.717, 1.165) is 65.0 Å². The zero-order valence-corrected chi connectivity index (χ0v) is 30.2. The number of morpholine rings is 1. The summed E-state index contributed by atoms with van der Waals surface area (Å²) < 4.78 is 31.5. The summed E-state index contributed by atoms with van der Waals surface area (Å²) in [7, 11) is 1.67. The van der Waals surface area contributed by atoms with Gasteiger partial charge in [0.1, 0.15) is 6.10 Å². The maximum atomic E-state index is 12.5. The Morgan fingerprint density at radius 1 is 1.06 bits per heavy atom. The number of aliphatic hydroxyl groups excluding tert-OH is 1. The van der Waals surface area contributed by atoms with Crippen molar-refractivity contribution in [2.75, 3.05) is 40.0 Å². The summed E-state index contributed by atoms with van der Waals surface area (Å²) in [5.41, 5.74) is 0.939. The molecule has 8 aliphatic rings. The number of methoxy groups -OCH3 is 1. The maximum Gasteiger partial charge on any atom is 0.171 e. The van der Waals surface area contributed by atoms with Crippen LogP contribution >= 0.6 is 0 Å². The predicted molar refractivity (Wildman–Crippen MR) is 179 cm³/mol. The van der Waals surface area contributed by atoms with Gasteiger partial charge in [-0.15, -0.1) is 0 Å². The molecule has 3 aliphatic heterocycles. The molecule has 0 radical (unpaired) electrons. The fraction of sp³-hybridized carbons (Fsp3) is 0.949. The van der Waals surface area contributed by atoms with Crippen molar-refractivity contribution in [3.05, 3.63) is 11.6 Å². The van der Waals surface area contributed by atoms with Crippen molar-refractivity contribution < 1.29 is 33.9 Å². The highest BCUT2D eigenvalue weighted by Crippen LogP contribution is 2.88. The van der Waals surface area contributed by atoms with Gasteiger partial charge in [-0.25, -0.2) is 0 Å². The zero-order chi connectivity index (χ0) is 33.1. The van der Waals surface area contributed by atoms with Gasteiger partial charge in [0.05, 0.1) is 49.8 Å². The smallest absolute Gasteiger partial charge is 0.171 e. The van der Waals surface area contributed by atoms with E-state index in [1.165, 1.54) is 31.3 Å². The van der Waals surface area contributed by atoms with Gasteiger partial charge in [-0.1, -0.05) is 26.8 Å². The topological polar surface area (TPSA) is 89.9 Å². The van der Waals surface area contributed by atoms with Crippen LogP contribution in [0, 0.1) is 45.3 Å². The number of aliphatic hydroxyl groups is 2. The SMILES string of the molecule is C/C=C1/[C@@H](O[C@H]2CN([C@@H]3CCOC3)CCO2)CC[C@]23C[C@]24CC[C@]2(C)[C@@H]5[C@H](O[C@@H]([C@H](OC)C(C)(C)O)C[C@H]5C)[C@H](O)[C@@]2(C)[C@@H]4CC[C@@H]13. The van der Waals surface area contributed by atoms with E-state index in [-0.39, 0.29) is 35.4 Å². The van der Waals surface area contributed by atoms with Crippen molar-refractivity contribution in [1.29, 1.82) is 0 Å². The first kappa shape index (κ1) is 33.6. The highest BCUT2D eigenvalue weighted by Gasteiger charge is 2.84. The molecule has 0 amide bonds. The first-order chi connectivity index (χ1) is 22.3. The Bertz CT molecular complexity index is 1230. The number of hydrogen-bond acceptors (Lipinski definition) is 8. The number of nitrogens with zero attached hydrogens (tertiary/aromatic N) is 1. The lowest BCUT2D eigenvalue weighted by Crippen LogP contribution is -2.58. The molecular weight excluding hydrogens is 594 g/mol. The Balaban J connectivity index is 1.02. The van der Waals surface area contributed by atoms with Crippen molar-refractivity contribution in [3.63, 3.8) is 0 Å². The van der Waals surface area contributed by atoms with Crippen molar-refractivity contribution in [2.24, 2.45) is 45.3 Å². The summed E-state index contributed by atoms with van der Waals surface area (Å²) in [6, 6.07) is 0.498. The normalized spacial score (nSPS) is 54.3. The van der Waals surface area contributed by atoms with Crippen LogP contribution in [0.3, 0.4) is 0 Å². The van der Waals surface area contributed by atoms with Crippen LogP contribution in [0.1, 0.15) is 99.3 Å². The van der Waals surface area contributed by atoms with Gasteiger partial charge in [0.2, 0.25) is 0 Å². The highest BCUT2D eigenvalue weighted by atomic mass is 16.7. The number of hydrogen-bond donors (Lipinski definition) is 2. The molecule has 3 saturated heterocycles. The van der Waals surface area contributed by atoms with E-state index in [2.05, 4.69) is 38.7 Å². The largest absolute Gasteiger partial charge is 0.390 e. The van der Waals surface area contributed by atoms with E-state index in [9.17, 15) is 10.2 Å². The van der Waals surface area contributed by atoms with E-state index in [0.29, 0.717) is 40.5 Å². The second-order valence-electron chi connectivity index (χ2n) is 18.3. The second kappa shape index (κ2) is 11.5. The van der Waals surface area contributed by atoms with Crippen LogP contribution in [0.5, 0.6) is 0 Å². The third-order valence-electron chi connectivity index (χ3n) is 16.2. The van der Waals surface area contributed by atoms with Gasteiger partial charge >= 0.3 is 0 Å². The lowest BCUT2D eigenvalue weighted by Gasteiger charge is -2.62. The van der Waals surface area contributed by atoms with Crippen LogP contribution in [-0.4, -0.2) is 104 Å².